The molecule has 0 heterocycles. The SMILES string of the molecule is CCCCOCCOCCOCCCC(C)O. The van der Waals surface area contributed by atoms with Gasteiger partial charge in [-0.1, -0.05) is 13.3 Å². The average Bonchev–Trinajstić information content (AvgIpc) is 2.30. The van der Waals surface area contributed by atoms with Crippen molar-refractivity contribution in [3.05, 3.63) is 0 Å². The van der Waals surface area contributed by atoms with E-state index in [1.807, 2.05) is 0 Å². The first-order valence-corrected chi connectivity index (χ1v) is 6.68. The van der Waals surface area contributed by atoms with Gasteiger partial charge >= 0.3 is 0 Å². The van der Waals surface area contributed by atoms with E-state index in [1.165, 1.54) is 6.42 Å². The molecule has 1 atom stereocenters. The van der Waals surface area contributed by atoms with E-state index >= 15 is 0 Å². The predicted molar refractivity (Wildman–Crippen MR) is 68.3 cm³/mol. The maximum atomic E-state index is 9.02. The molecule has 1 unspecified atom stereocenters. The van der Waals surface area contributed by atoms with E-state index in [9.17, 15) is 0 Å². The fraction of sp³-hybridized carbons (Fsp3) is 1.00. The summed E-state index contributed by atoms with van der Waals surface area (Å²) in [5.41, 5.74) is 0. The Morgan fingerprint density at radius 1 is 0.824 bits per heavy atom. The van der Waals surface area contributed by atoms with Gasteiger partial charge in [-0.2, -0.15) is 0 Å². The van der Waals surface area contributed by atoms with Gasteiger partial charge in [0, 0.05) is 13.2 Å². The Morgan fingerprint density at radius 2 is 1.29 bits per heavy atom. The highest BCUT2D eigenvalue weighted by Crippen LogP contribution is 1.95. The molecule has 0 aliphatic carbocycles. The van der Waals surface area contributed by atoms with E-state index in [1.54, 1.807) is 6.92 Å². The van der Waals surface area contributed by atoms with Crippen molar-refractivity contribution in [2.24, 2.45) is 0 Å². The molecule has 0 saturated heterocycles. The van der Waals surface area contributed by atoms with E-state index in [2.05, 4.69) is 6.92 Å². The van der Waals surface area contributed by atoms with Crippen molar-refractivity contribution >= 4 is 0 Å². The Hall–Kier alpha value is -0.160. The first kappa shape index (κ1) is 16.8. The molecule has 0 aromatic carbocycles. The molecule has 0 aliphatic heterocycles. The molecule has 0 saturated carbocycles. The molecule has 17 heavy (non-hydrogen) atoms. The zero-order valence-corrected chi connectivity index (χ0v) is 11.3. The summed E-state index contributed by atoms with van der Waals surface area (Å²) < 4.78 is 16.0. The molecule has 0 aromatic rings. The molecule has 4 nitrogen and oxygen atoms in total. The molecule has 0 fully saturated rings. The zero-order valence-electron chi connectivity index (χ0n) is 11.3. The Bertz CT molecular complexity index is 139. The predicted octanol–water partition coefficient (Wildman–Crippen LogP) is 2.00. The lowest BCUT2D eigenvalue weighted by Gasteiger charge is -2.07. The van der Waals surface area contributed by atoms with Crippen LogP contribution in [0.2, 0.25) is 0 Å². The highest BCUT2D eigenvalue weighted by molar-refractivity contribution is 4.46. The normalized spacial score (nSPS) is 12.9. The Labute approximate surface area is 105 Å². The lowest BCUT2D eigenvalue weighted by Crippen LogP contribution is -2.10. The summed E-state index contributed by atoms with van der Waals surface area (Å²) in [5.74, 6) is 0. The molecule has 0 spiro atoms. The van der Waals surface area contributed by atoms with Crippen LogP contribution in [-0.4, -0.2) is 50.9 Å². The van der Waals surface area contributed by atoms with Gasteiger partial charge in [-0.25, -0.2) is 0 Å². The van der Waals surface area contributed by atoms with E-state index in [0.717, 1.165) is 25.9 Å². The fourth-order valence-electron chi connectivity index (χ4n) is 1.27. The van der Waals surface area contributed by atoms with Crippen LogP contribution in [0.25, 0.3) is 0 Å². The minimum Gasteiger partial charge on any atom is -0.393 e. The number of hydrogen-bond acceptors (Lipinski definition) is 4. The molecular weight excluding hydrogens is 220 g/mol. The van der Waals surface area contributed by atoms with Crippen LogP contribution in [-0.2, 0) is 14.2 Å². The van der Waals surface area contributed by atoms with Gasteiger partial charge in [0.1, 0.15) is 0 Å². The molecule has 4 heteroatoms. The van der Waals surface area contributed by atoms with Crippen LogP contribution in [0, 0.1) is 0 Å². The number of rotatable bonds is 13. The lowest BCUT2D eigenvalue weighted by molar-refractivity contribution is 0.0122. The van der Waals surface area contributed by atoms with Crippen molar-refractivity contribution in [1.29, 1.82) is 0 Å². The van der Waals surface area contributed by atoms with Gasteiger partial charge in [0.15, 0.2) is 0 Å². The largest absolute Gasteiger partial charge is 0.393 e. The maximum absolute atomic E-state index is 9.02. The van der Waals surface area contributed by atoms with E-state index in [-0.39, 0.29) is 6.10 Å². The smallest absolute Gasteiger partial charge is 0.0701 e. The summed E-state index contributed by atoms with van der Waals surface area (Å²) in [7, 11) is 0. The molecule has 0 rings (SSSR count). The third-order valence-electron chi connectivity index (χ3n) is 2.30. The number of hydrogen-bond donors (Lipinski definition) is 1. The van der Waals surface area contributed by atoms with Crippen molar-refractivity contribution in [2.75, 3.05) is 39.6 Å². The van der Waals surface area contributed by atoms with Crippen molar-refractivity contribution in [1.82, 2.24) is 0 Å². The van der Waals surface area contributed by atoms with E-state index in [0.29, 0.717) is 33.0 Å². The molecule has 0 aromatic heterocycles. The van der Waals surface area contributed by atoms with Crippen LogP contribution in [0.15, 0.2) is 0 Å². The monoisotopic (exact) mass is 248 g/mol. The minimum absolute atomic E-state index is 0.227. The van der Waals surface area contributed by atoms with Crippen molar-refractivity contribution in [3.8, 4) is 0 Å². The van der Waals surface area contributed by atoms with Gasteiger partial charge < -0.3 is 19.3 Å². The summed E-state index contributed by atoms with van der Waals surface area (Å²) in [6, 6.07) is 0. The van der Waals surface area contributed by atoms with E-state index < -0.39 is 0 Å². The molecule has 0 bridgehead atoms. The van der Waals surface area contributed by atoms with Crippen molar-refractivity contribution in [2.45, 2.75) is 45.6 Å². The second kappa shape index (κ2) is 13.9. The molecular formula is C13H28O4. The summed E-state index contributed by atoms with van der Waals surface area (Å²) in [6.45, 7) is 8.01. The molecule has 0 aliphatic rings. The Morgan fingerprint density at radius 3 is 1.76 bits per heavy atom. The maximum Gasteiger partial charge on any atom is 0.0701 e. The topological polar surface area (TPSA) is 47.9 Å². The van der Waals surface area contributed by atoms with Crippen molar-refractivity contribution < 1.29 is 19.3 Å². The molecule has 1 N–H and O–H groups in total. The molecule has 0 amide bonds. The van der Waals surface area contributed by atoms with Gasteiger partial charge in [-0.15, -0.1) is 0 Å². The van der Waals surface area contributed by atoms with Gasteiger partial charge in [0.25, 0.3) is 0 Å². The van der Waals surface area contributed by atoms with Crippen LogP contribution in [0.3, 0.4) is 0 Å². The standard InChI is InChI=1S/C13H28O4/c1-3-4-7-15-9-11-17-12-10-16-8-5-6-13(2)14/h13-14H,3-12H2,1-2H3. The summed E-state index contributed by atoms with van der Waals surface area (Å²) in [6.07, 6.45) is 3.76. The first-order chi connectivity index (χ1) is 8.27. The average molecular weight is 248 g/mol. The van der Waals surface area contributed by atoms with Crippen molar-refractivity contribution in [3.63, 3.8) is 0 Å². The number of aliphatic hydroxyl groups excluding tert-OH is 1. The van der Waals surface area contributed by atoms with Gasteiger partial charge in [-0.3, -0.25) is 0 Å². The van der Waals surface area contributed by atoms with Gasteiger partial charge in [0.2, 0.25) is 0 Å². The minimum atomic E-state index is -0.227. The summed E-state index contributed by atoms with van der Waals surface area (Å²) >= 11 is 0. The highest BCUT2D eigenvalue weighted by atomic mass is 16.5. The van der Waals surface area contributed by atoms with Crippen LogP contribution in [0.4, 0.5) is 0 Å². The quantitative estimate of drug-likeness (QED) is 0.506. The second-order valence-electron chi connectivity index (χ2n) is 4.18. The highest BCUT2D eigenvalue weighted by Gasteiger charge is 1.95. The van der Waals surface area contributed by atoms with Crippen LogP contribution in [0.1, 0.15) is 39.5 Å². The number of unbranched alkanes of at least 4 members (excludes halogenated alkanes) is 1. The third kappa shape index (κ3) is 15.8. The van der Waals surface area contributed by atoms with E-state index in [4.69, 9.17) is 19.3 Å². The first-order valence-electron chi connectivity index (χ1n) is 6.68. The zero-order chi connectivity index (χ0) is 12.8. The number of ether oxygens (including phenoxy) is 3. The van der Waals surface area contributed by atoms with Gasteiger partial charge in [-0.05, 0) is 26.2 Å². The molecule has 0 radical (unpaired) electrons. The Balaban J connectivity index is 2.89. The van der Waals surface area contributed by atoms with Gasteiger partial charge in [0.05, 0.1) is 32.5 Å². The van der Waals surface area contributed by atoms with Crippen LogP contribution >= 0.6 is 0 Å². The third-order valence-corrected chi connectivity index (χ3v) is 2.30. The fourth-order valence-corrected chi connectivity index (χ4v) is 1.27. The summed E-state index contributed by atoms with van der Waals surface area (Å²) in [5, 5.41) is 9.02. The number of aliphatic hydroxyl groups is 1. The summed E-state index contributed by atoms with van der Waals surface area (Å²) in [4.78, 5) is 0. The van der Waals surface area contributed by atoms with Crippen LogP contribution in [0.5, 0.6) is 0 Å². The molecule has 104 valence electrons. The van der Waals surface area contributed by atoms with Crippen LogP contribution < -0.4 is 0 Å². The second-order valence-corrected chi connectivity index (χ2v) is 4.18. The Kier molecular flexibility index (Phi) is 13.8. The lowest BCUT2D eigenvalue weighted by atomic mass is 10.2.